The Bertz CT molecular complexity index is 909. The van der Waals surface area contributed by atoms with E-state index in [1.54, 1.807) is 29.9 Å². The molecule has 0 amide bonds. The zero-order valence-electron chi connectivity index (χ0n) is 12.4. The van der Waals surface area contributed by atoms with Gasteiger partial charge in [-0.3, -0.25) is 9.36 Å². The van der Waals surface area contributed by atoms with Crippen LogP contribution in [-0.4, -0.2) is 32.6 Å². The van der Waals surface area contributed by atoms with Crippen LogP contribution >= 0.6 is 34.9 Å². The van der Waals surface area contributed by atoms with Crippen LogP contribution in [0.5, 0.6) is 0 Å². The number of aryl methyl sites for hydroxylation is 1. The molecule has 0 aliphatic heterocycles. The van der Waals surface area contributed by atoms with Gasteiger partial charge in [-0.2, -0.15) is 4.37 Å². The van der Waals surface area contributed by atoms with Crippen LogP contribution in [0.2, 0.25) is 5.02 Å². The highest BCUT2D eigenvalue weighted by molar-refractivity contribution is 8.00. The number of rotatable bonds is 5. The van der Waals surface area contributed by atoms with Crippen LogP contribution < -0.4 is 5.56 Å². The van der Waals surface area contributed by atoms with Crippen molar-refractivity contribution in [1.29, 1.82) is 0 Å². The van der Waals surface area contributed by atoms with Crippen molar-refractivity contribution in [2.24, 2.45) is 0 Å². The molecular weight excluding hydrogens is 356 g/mol. The Hall–Kier alpha value is -1.48. The van der Waals surface area contributed by atoms with Crippen molar-refractivity contribution in [1.82, 2.24) is 18.9 Å². The van der Waals surface area contributed by atoms with E-state index < -0.39 is 0 Å². The minimum Gasteiger partial charge on any atom is -0.383 e. The highest BCUT2D eigenvalue weighted by Crippen LogP contribution is 2.28. The predicted molar refractivity (Wildman–Crippen MR) is 91.7 cm³/mol. The number of hydrogen-bond acceptors (Lipinski definition) is 7. The highest BCUT2D eigenvalue weighted by Gasteiger charge is 2.14. The molecule has 3 aromatic rings. The topological polar surface area (TPSA) is 69.9 Å². The third-order valence-corrected chi connectivity index (χ3v) is 5.16. The lowest BCUT2D eigenvalue weighted by molar-refractivity contribution is 0.183. The number of fused-ring (bicyclic) bond motifs is 1. The van der Waals surface area contributed by atoms with Crippen LogP contribution in [0.25, 0.3) is 10.9 Å². The van der Waals surface area contributed by atoms with E-state index in [-0.39, 0.29) is 5.56 Å². The van der Waals surface area contributed by atoms with Crippen LogP contribution in [0.3, 0.4) is 0 Å². The molecule has 9 heteroatoms. The van der Waals surface area contributed by atoms with Crippen LogP contribution in [0, 0.1) is 6.92 Å². The maximum absolute atomic E-state index is 12.7. The molecule has 0 unspecified atom stereocenters. The number of halogens is 1. The first-order valence-corrected chi connectivity index (χ1v) is 8.72. The molecule has 3 rings (SSSR count). The van der Waals surface area contributed by atoms with Gasteiger partial charge in [0.05, 0.1) is 24.1 Å². The van der Waals surface area contributed by atoms with Gasteiger partial charge < -0.3 is 4.74 Å². The average Bonchev–Trinajstić information content (AvgIpc) is 2.92. The number of methoxy groups -OCH3 is 1. The fourth-order valence-electron chi connectivity index (χ4n) is 2.03. The van der Waals surface area contributed by atoms with E-state index in [4.69, 9.17) is 16.3 Å². The minimum absolute atomic E-state index is 0.118. The van der Waals surface area contributed by atoms with Crippen molar-refractivity contribution in [3.63, 3.8) is 0 Å². The molecular formula is C14H13ClN4O2S2. The molecule has 23 heavy (non-hydrogen) atoms. The van der Waals surface area contributed by atoms with E-state index in [2.05, 4.69) is 14.3 Å². The molecule has 0 fully saturated rings. The van der Waals surface area contributed by atoms with E-state index in [1.807, 2.05) is 6.92 Å². The second kappa shape index (κ2) is 6.96. The molecule has 0 radical (unpaired) electrons. The van der Waals surface area contributed by atoms with Gasteiger partial charge >= 0.3 is 0 Å². The molecule has 1 aromatic carbocycles. The fraction of sp³-hybridized carbons (Fsp3) is 0.286. The van der Waals surface area contributed by atoms with Crippen LogP contribution in [0.15, 0.2) is 32.5 Å². The lowest BCUT2D eigenvalue weighted by Crippen LogP contribution is -2.25. The first-order chi connectivity index (χ1) is 11.1. The van der Waals surface area contributed by atoms with E-state index in [0.29, 0.717) is 40.1 Å². The number of benzene rings is 1. The third-order valence-electron chi connectivity index (χ3n) is 3.09. The first-order valence-electron chi connectivity index (χ1n) is 6.75. The lowest BCUT2D eigenvalue weighted by Gasteiger charge is -2.11. The molecule has 0 aliphatic carbocycles. The Morgan fingerprint density at radius 1 is 1.39 bits per heavy atom. The van der Waals surface area contributed by atoms with Crippen LogP contribution in [0.4, 0.5) is 0 Å². The summed E-state index contributed by atoms with van der Waals surface area (Å²) in [6.07, 6.45) is 0. The van der Waals surface area contributed by atoms with Crippen molar-refractivity contribution in [3.05, 3.63) is 39.4 Å². The molecule has 0 spiro atoms. The Labute approximate surface area is 145 Å². The average molecular weight is 369 g/mol. The Kier molecular flexibility index (Phi) is 4.96. The summed E-state index contributed by atoms with van der Waals surface area (Å²) in [5.41, 5.74) is 0.451. The summed E-state index contributed by atoms with van der Waals surface area (Å²) in [5, 5.41) is 1.63. The van der Waals surface area contributed by atoms with Crippen molar-refractivity contribution < 1.29 is 4.74 Å². The predicted octanol–water partition coefficient (Wildman–Crippen LogP) is 3.01. The maximum atomic E-state index is 12.7. The summed E-state index contributed by atoms with van der Waals surface area (Å²) in [7, 11) is 1.60. The standard InChI is InChI=1S/C14H13ClN4O2S2/c1-8-16-14(23-18-8)22-13-17-11-7-9(15)3-4-10(11)12(20)19(13)5-6-21-2/h3-4,7H,5-6H2,1-2H3. The number of ether oxygens (including phenoxy) is 1. The monoisotopic (exact) mass is 368 g/mol. The fourth-order valence-corrected chi connectivity index (χ4v) is 3.87. The normalized spacial score (nSPS) is 11.3. The van der Waals surface area contributed by atoms with E-state index in [9.17, 15) is 4.79 Å². The van der Waals surface area contributed by atoms with Crippen molar-refractivity contribution in [3.8, 4) is 0 Å². The molecule has 2 aromatic heterocycles. The van der Waals surface area contributed by atoms with Gasteiger partial charge in [0.1, 0.15) is 5.82 Å². The molecule has 0 bridgehead atoms. The smallest absolute Gasteiger partial charge is 0.262 e. The second-order valence-electron chi connectivity index (χ2n) is 4.71. The van der Waals surface area contributed by atoms with E-state index in [0.717, 1.165) is 4.34 Å². The molecule has 120 valence electrons. The Balaban J connectivity index is 2.13. The van der Waals surface area contributed by atoms with Crippen molar-refractivity contribution >= 4 is 45.8 Å². The van der Waals surface area contributed by atoms with E-state index >= 15 is 0 Å². The number of hydrogen-bond donors (Lipinski definition) is 0. The van der Waals surface area contributed by atoms with Gasteiger partial charge in [0.2, 0.25) is 0 Å². The van der Waals surface area contributed by atoms with Crippen molar-refractivity contribution in [2.75, 3.05) is 13.7 Å². The van der Waals surface area contributed by atoms with Crippen LogP contribution in [0.1, 0.15) is 5.82 Å². The molecule has 0 aliphatic rings. The molecule has 0 N–H and O–H groups in total. The van der Waals surface area contributed by atoms with Gasteiger partial charge in [0.25, 0.3) is 5.56 Å². The summed E-state index contributed by atoms with van der Waals surface area (Å²) in [4.78, 5) is 21.6. The minimum atomic E-state index is -0.118. The summed E-state index contributed by atoms with van der Waals surface area (Å²) in [6.45, 7) is 2.66. The SMILES string of the molecule is COCCn1c(Sc2nc(C)ns2)nc2cc(Cl)ccc2c1=O. The summed E-state index contributed by atoms with van der Waals surface area (Å²) < 4.78 is 11.6. The van der Waals surface area contributed by atoms with Gasteiger partial charge in [-0.15, -0.1) is 0 Å². The quantitative estimate of drug-likeness (QED) is 0.645. The van der Waals surface area contributed by atoms with Crippen molar-refractivity contribution in [2.45, 2.75) is 23.0 Å². The third kappa shape index (κ3) is 3.55. The largest absolute Gasteiger partial charge is 0.383 e. The first kappa shape index (κ1) is 16.4. The van der Waals surface area contributed by atoms with Gasteiger partial charge in [-0.05, 0) is 48.4 Å². The summed E-state index contributed by atoms with van der Waals surface area (Å²) in [6, 6.07) is 5.07. The number of nitrogens with zero attached hydrogens (tertiary/aromatic N) is 4. The zero-order valence-corrected chi connectivity index (χ0v) is 14.8. The van der Waals surface area contributed by atoms with E-state index in [1.165, 1.54) is 23.3 Å². The molecule has 0 saturated heterocycles. The van der Waals surface area contributed by atoms with Gasteiger partial charge in [0, 0.05) is 12.1 Å². The van der Waals surface area contributed by atoms with Gasteiger partial charge in [-0.25, -0.2) is 9.97 Å². The molecule has 0 atom stereocenters. The maximum Gasteiger partial charge on any atom is 0.262 e. The summed E-state index contributed by atoms with van der Waals surface area (Å²) in [5.74, 6) is 0.701. The zero-order chi connectivity index (χ0) is 16.4. The second-order valence-corrected chi connectivity index (χ2v) is 7.12. The number of aromatic nitrogens is 4. The van der Waals surface area contributed by atoms with Gasteiger partial charge in [0.15, 0.2) is 9.50 Å². The van der Waals surface area contributed by atoms with Crippen LogP contribution in [-0.2, 0) is 11.3 Å². The Morgan fingerprint density at radius 2 is 2.22 bits per heavy atom. The lowest BCUT2D eigenvalue weighted by atomic mass is 10.2. The highest BCUT2D eigenvalue weighted by atomic mass is 35.5. The summed E-state index contributed by atoms with van der Waals surface area (Å²) >= 11 is 8.61. The molecule has 0 saturated carbocycles. The Morgan fingerprint density at radius 3 is 2.91 bits per heavy atom. The molecule has 6 nitrogen and oxygen atoms in total. The van der Waals surface area contributed by atoms with Gasteiger partial charge in [-0.1, -0.05) is 11.6 Å². The molecule has 2 heterocycles.